The fraction of sp³-hybridized carbons (Fsp3) is 0.100. The lowest BCUT2D eigenvalue weighted by Crippen LogP contribution is -2.15. The number of nitrogens with two attached hydrogens (primary N) is 1. The zero-order valence-electron chi connectivity index (χ0n) is 10.7. The van der Waals surface area contributed by atoms with Crippen molar-refractivity contribution >= 4 is 41.7 Å². The number of benzene rings is 1. The summed E-state index contributed by atoms with van der Waals surface area (Å²) in [6, 6.07) is 3.73. The number of anilines is 1. The minimum absolute atomic E-state index is 0.00456. The molecule has 0 aliphatic rings. The van der Waals surface area contributed by atoms with Gasteiger partial charge >= 0.3 is 0 Å². The largest absolute Gasteiger partial charge is 0.281 e. The standard InChI is InChI=1S/C10H11BrN4O4S2/c1-6-10(5-13-14-6)21(18,19)15-9-3-2-7(4-8(9)11)20(12,16)17/h2-5,15H,1H3,(H,13,14)(H2,12,16,17). The van der Waals surface area contributed by atoms with Gasteiger partial charge in [0.15, 0.2) is 0 Å². The maximum absolute atomic E-state index is 12.2. The van der Waals surface area contributed by atoms with Gasteiger partial charge in [-0.25, -0.2) is 22.0 Å². The highest BCUT2D eigenvalue weighted by atomic mass is 79.9. The Morgan fingerprint density at radius 1 is 1.29 bits per heavy atom. The van der Waals surface area contributed by atoms with Crippen LogP contribution in [0.2, 0.25) is 0 Å². The second-order valence-electron chi connectivity index (χ2n) is 4.15. The first-order chi connectivity index (χ1) is 9.61. The molecule has 0 aliphatic heterocycles. The van der Waals surface area contributed by atoms with Crippen LogP contribution < -0.4 is 9.86 Å². The molecule has 0 aliphatic carbocycles. The van der Waals surface area contributed by atoms with Crippen LogP contribution in [0.25, 0.3) is 0 Å². The number of H-pyrrole nitrogens is 1. The van der Waals surface area contributed by atoms with Crippen molar-refractivity contribution < 1.29 is 16.8 Å². The maximum atomic E-state index is 12.2. The molecule has 0 amide bonds. The minimum Gasteiger partial charge on any atom is -0.281 e. The predicted octanol–water partition coefficient (Wildman–Crippen LogP) is 0.929. The lowest BCUT2D eigenvalue weighted by atomic mass is 10.3. The highest BCUT2D eigenvalue weighted by molar-refractivity contribution is 9.10. The van der Waals surface area contributed by atoms with E-state index in [-0.39, 0.29) is 20.0 Å². The number of nitrogens with one attached hydrogen (secondary N) is 2. The Balaban J connectivity index is 2.39. The first-order valence-corrected chi connectivity index (χ1v) is 9.28. The van der Waals surface area contributed by atoms with Gasteiger partial charge in [0.2, 0.25) is 10.0 Å². The van der Waals surface area contributed by atoms with Crippen LogP contribution in [0, 0.1) is 6.92 Å². The third kappa shape index (κ3) is 3.43. The molecule has 114 valence electrons. The molecular formula is C10H11BrN4O4S2. The van der Waals surface area contributed by atoms with E-state index in [4.69, 9.17) is 5.14 Å². The molecule has 4 N–H and O–H groups in total. The topological polar surface area (TPSA) is 135 Å². The summed E-state index contributed by atoms with van der Waals surface area (Å²) in [5.74, 6) is 0. The number of hydrogen-bond acceptors (Lipinski definition) is 5. The van der Waals surface area contributed by atoms with Crippen molar-refractivity contribution in [2.45, 2.75) is 16.7 Å². The third-order valence-electron chi connectivity index (χ3n) is 2.59. The summed E-state index contributed by atoms with van der Waals surface area (Å²) < 4.78 is 49.4. The Kier molecular flexibility index (Phi) is 4.10. The summed E-state index contributed by atoms with van der Waals surface area (Å²) in [5.41, 5.74) is 0.572. The third-order valence-corrected chi connectivity index (χ3v) is 5.63. The number of primary sulfonamides is 1. The normalized spacial score (nSPS) is 12.3. The molecule has 0 fully saturated rings. The molecule has 0 unspecified atom stereocenters. The monoisotopic (exact) mass is 394 g/mol. The fourth-order valence-corrected chi connectivity index (χ4v) is 4.08. The number of aromatic nitrogens is 2. The highest BCUT2D eigenvalue weighted by Crippen LogP contribution is 2.27. The molecule has 11 heteroatoms. The summed E-state index contributed by atoms with van der Waals surface area (Å²) in [5, 5.41) is 11.2. The van der Waals surface area contributed by atoms with Crippen molar-refractivity contribution in [1.29, 1.82) is 0 Å². The van der Waals surface area contributed by atoms with Crippen molar-refractivity contribution in [2.75, 3.05) is 4.72 Å². The molecule has 1 heterocycles. The van der Waals surface area contributed by atoms with Gasteiger partial charge in [-0.15, -0.1) is 0 Å². The van der Waals surface area contributed by atoms with Gasteiger partial charge in [-0.05, 0) is 41.1 Å². The molecule has 0 radical (unpaired) electrons. The van der Waals surface area contributed by atoms with Gasteiger partial charge in [-0.2, -0.15) is 5.10 Å². The van der Waals surface area contributed by atoms with Crippen LogP contribution in [0.1, 0.15) is 5.69 Å². The Morgan fingerprint density at radius 3 is 2.43 bits per heavy atom. The molecule has 8 nitrogen and oxygen atoms in total. The van der Waals surface area contributed by atoms with Crippen LogP contribution in [-0.2, 0) is 20.0 Å². The molecule has 2 rings (SSSR count). The van der Waals surface area contributed by atoms with Gasteiger partial charge in [-0.3, -0.25) is 9.82 Å². The Labute approximate surface area is 130 Å². The first-order valence-electron chi connectivity index (χ1n) is 5.46. The lowest BCUT2D eigenvalue weighted by Gasteiger charge is -2.10. The van der Waals surface area contributed by atoms with Crippen LogP contribution in [0.5, 0.6) is 0 Å². The van der Waals surface area contributed by atoms with E-state index in [9.17, 15) is 16.8 Å². The number of rotatable bonds is 4. The average Bonchev–Trinajstić information content (AvgIpc) is 2.77. The SMILES string of the molecule is Cc1[nH]ncc1S(=O)(=O)Nc1ccc(S(N)(=O)=O)cc1Br. The smallest absolute Gasteiger partial charge is 0.265 e. The maximum Gasteiger partial charge on any atom is 0.265 e. The summed E-state index contributed by atoms with van der Waals surface area (Å²) in [6.45, 7) is 1.57. The van der Waals surface area contributed by atoms with E-state index in [1.165, 1.54) is 24.4 Å². The van der Waals surface area contributed by atoms with E-state index in [0.29, 0.717) is 5.69 Å². The van der Waals surface area contributed by atoms with Crippen LogP contribution in [0.3, 0.4) is 0 Å². The van der Waals surface area contributed by atoms with Gasteiger partial charge in [0.25, 0.3) is 10.0 Å². The number of aryl methyl sites for hydroxylation is 1. The first kappa shape index (κ1) is 15.9. The Hall–Kier alpha value is -1.43. The van der Waals surface area contributed by atoms with E-state index in [2.05, 4.69) is 30.8 Å². The second-order valence-corrected chi connectivity index (χ2v) is 8.22. The van der Waals surface area contributed by atoms with Crippen molar-refractivity contribution in [3.8, 4) is 0 Å². The summed E-state index contributed by atoms with van der Waals surface area (Å²) in [4.78, 5) is -0.123. The molecule has 21 heavy (non-hydrogen) atoms. The number of hydrogen-bond donors (Lipinski definition) is 3. The molecule has 0 saturated carbocycles. The van der Waals surface area contributed by atoms with Crippen molar-refractivity contribution in [2.24, 2.45) is 5.14 Å². The molecule has 0 atom stereocenters. The number of sulfonamides is 2. The summed E-state index contributed by atoms with van der Waals surface area (Å²) in [7, 11) is -7.68. The number of nitrogens with zero attached hydrogens (tertiary/aromatic N) is 1. The summed E-state index contributed by atoms with van der Waals surface area (Å²) in [6.07, 6.45) is 1.18. The van der Waals surface area contributed by atoms with Crippen LogP contribution in [-0.4, -0.2) is 27.0 Å². The Morgan fingerprint density at radius 2 is 1.95 bits per heavy atom. The summed E-state index contributed by atoms with van der Waals surface area (Å²) >= 11 is 3.10. The number of aromatic amines is 1. The van der Waals surface area contributed by atoms with Gasteiger partial charge in [-0.1, -0.05) is 0 Å². The second kappa shape index (κ2) is 5.40. The number of halogens is 1. The minimum atomic E-state index is -3.86. The van der Waals surface area contributed by atoms with E-state index >= 15 is 0 Å². The molecule has 0 spiro atoms. The van der Waals surface area contributed by atoms with E-state index in [0.717, 1.165) is 0 Å². The Bertz CT molecular complexity index is 890. The van der Waals surface area contributed by atoms with Gasteiger partial charge < -0.3 is 0 Å². The quantitative estimate of drug-likeness (QED) is 0.708. The molecule has 0 bridgehead atoms. The van der Waals surface area contributed by atoms with Gasteiger partial charge in [0.1, 0.15) is 4.90 Å². The van der Waals surface area contributed by atoms with Gasteiger partial charge in [0, 0.05) is 4.47 Å². The van der Waals surface area contributed by atoms with Crippen LogP contribution in [0.4, 0.5) is 5.69 Å². The molecule has 2 aromatic rings. The van der Waals surface area contributed by atoms with Crippen molar-refractivity contribution in [1.82, 2.24) is 10.2 Å². The van der Waals surface area contributed by atoms with Gasteiger partial charge in [0.05, 0.1) is 22.5 Å². The van der Waals surface area contributed by atoms with Crippen LogP contribution >= 0.6 is 15.9 Å². The van der Waals surface area contributed by atoms with Crippen molar-refractivity contribution in [3.05, 3.63) is 34.6 Å². The lowest BCUT2D eigenvalue weighted by molar-refractivity contribution is 0.597. The molecular weight excluding hydrogens is 384 g/mol. The molecule has 0 saturated heterocycles. The van der Waals surface area contributed by atoms with E-state index in [1.54, 1.807) is 6.92 Å². The molecule has 1 aromatic carbocycles. The molecule has 1 aromatic heterocycles. The van der Waals surface area contributed by atoms with Crippen LogP contribution in [0.15, 0.2) is 38.7 Å². The highest BCUT2D eigenvalue weighted by Gasteiger charge is 2.20. The average molecular weight is 395 g/mol. The zero-order chi connectivity index (χ0) is 15.8. The fourth-order valence-electron chi connectivity index (χ4n) is 1.57. The zero-order valence-corrected chi connectivity index (χ0v) is 13.9. The van der Waals surface area contributed by atoms with E-state index < -0.39 is 20.0 Å². The van der Waals surface area contributed by atoms with E-state index in [1.807, 2.05) is 0 Å². The predicted molar refractivity (Wildman–Crippen MR) is 79.6 cm³/mol. The van der Waals surface area contributed by atoms with Crippen molar-refractivity contribution in [3.63, 3.8) is 0 Å².